The zero-order valence-corrected chi connectivity index (χ0v) is 13.1. The maximum Gasteiger partial charge on any atom is 0.219 e. The van der Waals surface area contributed by atoms with Gasteiger partial charge in [-0.15, -0.1) is 11.8 Å². The molecule has 4 nitrogen and oxygen atoms in total. The van der Waals surface area contributed by atoms with Gasteiger partial charge in [-0.1, -0.05) is 12.1 Å². The average molecular weight is 296 g/mol. The van der Waals surface area contributed by atoms with Crippen LogP contribution in [0, 0.1) is 0 Å². The molecule has 0 aliphatic rings. The van der Waals surface area contributed by atoms with Crippen molar-refractivity contribution < 1.29 is 9.53 Å². The van der Waals surface area contributed by atoms with Gasteiger partial charge >= 0.3 is 0 Å². The van der Waals surface area contributed by atoms with E-state index in [9.17, 15) is 4.79 Å². The fraction of sp³-hybridized carbons (Fsp3) is 0.533. The van der Waals surface area contributed by atoms with E-state index in [0.29, 0.717) is 6.42 Å². The number of methoxy groups -OCH3 is 1. The van der Waals surface area contributed by atoms with Gasteiger partial charge in [0.25, 0.3) is 0 Å². The molecule has 1 amide bonds. The molecule has 1 rings (SSSR count). The Morgan fingerprint density at radius 1 is 1.40 bits per heavy atom. The number of benzene rings is 1. The number of hydrogen-bond acceptors (Lipinski definition) is 4. The number of nitrogens with one attached hydrogen (secondary N) is 2. The van der Waals surface area contributed by atoms with E-state index >= 15 is 0 Å². The molecule has 1 aromatic carbocycles. The SMILES string of the molecule is CNC(=O)CCCSc1cccc(CNCCOC)c1. The summed E-state index contributed by atoms with van der Waals surface area (Å²) in [5.41, 5.74) is 1.28. The summed E-state index contributed by atoms with van der Waals surface area (Å²) in [6.07, 6.45) is 1.50. The van der Waals surface area contributed by atoms with Crippen LogP contribution in [0.25, 0.3) is 0 Å². The highest BCUT2D eigenvalue weighted by Gasteiger charge is 2.00. The molecule has 0 saturated heterocycles. The van der Waals surface area contributed by atoms with Crippen molar-refractivity contribution in [3.63, 3.8) is 0 Å². The molecule has 0 fully saturated rings. The molecule has 0 radical (unpaired) electrons. The van der Waals surface area contributed by atoms with E-state index in [-0.39, 0.29) is 5.91 Å². The van der Waals surface area contributed by atoms with Crippen LogP contribution in [0.4, 0.5) is 0 Å². The number of rotatable bonds is 10. The molecule has 0 aliphatic carbocycles. The molecular formula is C15H24N2O2S. The Hall–Kier alpha value is -1.04. The number of thioether (sulfide) groups is 1. The highest BCUT2D eigenvalue weighted by Crippen LogP contribution is 2.20. The molecule has 0 unspecified atom stereocenters. The second-order valence-corrected chi connectivity index (χ2v) is 5.61. The molecule has 0 spiro atoms. The zero-order valence-electron chi connectivity index (χ0n) is 12.3. The molecule has 5 heteroatoms. The lowest BCUT2D eigenvalue weighted by atomic mass is 10.2. The predicted octanol–water partition coefficient (Wildman–Crippen LogP) is 2.04. The second-order valence-electron chi connectivity index (χ2n) is 4.44. The predicted molar refractivity (Wildman–Crippen MR) is 84.0 cm³/mol. The van der Waals surface area contributed by atoms with Gasteiger partial charge in [0.1, 0.15) is 0 Å². The molecule has 1 aromatic rings. The van der Waals surface area contributed by atoms with Gasteiger partial charge < -0.3 is 15.4 Å². The van der Waals surface area contributed by atoms with E-state index < -0.39 is 0 Å². The van der Waals surface area contributed by atoms with Crippen molar-refractivity contribution in [2.75, 3.05) is 33.1 Å². The smallest absolute Gasteiger partial charge is 0.219 e. The van der Waals surface area contributed by atoms with Gasteiger partial charge in [0.2, 0.25) is 5.91 Å². The average Bonchev–Trinajstić information content (AvgIpc) is 2.48. The normalized spacial score (nSPS) is 10.5. The van der Waals surface area contributed by atoms with E-state index in [4.69, 9.17) is 4.74 Å². The van der Waals surface area contributed by atoms with Crippen LogP contribution in [-0.2, 0) is 16.1 Å². The van der Waals surface area contributed by atoms with Crippen molar-refractivity contribution in [2.45, 2.75) is 24.3 Å². The summed E-state index contributed by atoms with van der Waals surface area (Å²) in [7, 11) is 3.38. The molecule has 0 aromatic heterocycles. The summed E-state index contributed by atoms with van der Waals surface area (Å²) in [6, 6.07) is 8.51. The van der Waals surface area contributed by atoms with Gasteiger partial charge in [-0.25, -0.2) is 0 Å². The minimum Gasteiger partial charge on any atom is -0.383 e. The summed E-state index contributed by atoms with van der Waals surface area (Å²) >= 11 is 1.80. The third-order valence-corrected chi connectivity index (χ3v) is 3.89. The van der Waals surface area contributed by atoms with Gasteiger partial charge in [0.05, 0.1) is 6.61 Å². The van der Waals surface area contributed by atoms with Gasteiger partial charge in [-0.05, 0) is 29.9 Å². The molecule has 2 N–H and O–H groups in total. The Bertz CT molecular complexity index is 399. The molecule has 0 heterocycles. The van der Waals surface area contributed by atoms with Crippen LogP contribution < -0.4 is 10.6 Å². The number of hydrogen-bond donors (Lipinski definition) is 2. The van der Waals surface area contributed by atoms with E-state index in [1.54, 1.807) is 25.9 Å². The first kappa shape index (κ1) is 17.0. The number of amides is 1. The van der Waals surface area contributed by atoms with Crippen LogP contribution in [0.3, 0.4) is 0 Å². The van der Waals surface area contributed by atoms with Crippen LogP contribution in [0.2, 0.25) is 0 Å². The fourth-order valence-electron chi connectivity index (χ4n) is 1.70. The quantitative estimate of drug-likeness (QED) is 0.512. The Balaban J connectivity index is 2.26. The minimum absolute atomic E-state index is 0.113. The molecule has 0 bridgehead atoms. The van der Waals surface area contributed by atoms with E-state index in [0.717, 1.165) is 31.9 Å². The van der Waals surface area contributed by atoms with Crippen LogP contribution in [-0.4, -0.2) is 39.0 Å². The van der Waals surface area contributed by atoms with E-state index in [2.05, 4.69) is 34.9 Å². The van der Waals surface area contributed by atoms with Gasteiger partial charge in [0, 0.05) is 38.6 Å². The first-order valence-corrected chi connectivity index (χ1v) is 7.87. The Kier molecular flexibility index (Phi) is 9.11. The fourth-order valence-corrected chi connectivity index (χ4v) is 2.63. The van der Waals surface area contributed by atoms with Crippen molar-refractivity contribution in [3.05, 3.63) is 29.8 Å². The van der Waals surface area contributed by atoms with E-state index in [1.807, 2.05) is 0 Å². The third kappa shape index (κ3) is 7.53. The number of carbonyl (C=O) groups excluding carboxylic acids is 1. The number of carbonyl (C=O) groups is 1. The summed E-state index contributed by atoms with van der Waals surface area (Å²) in [6.45, 7) is 2.45. The van der Waals surface area contributed by atoms with Gasteiger partial charge in [-0.2, -0.15) is 0 Å². The molecule has 0 saturated carbocycles. The molecule has 112 valence electrons. The van der Waals surface area contributed by atoms with E-state index in [1.165, 1.54) is 10.5 Å². The lowest BCUT2D eigenvalue weighted by molar-refractivity contribution is -0.120. The first-order valence-electron chi connectivity index (χ1n) is 6.88. The summed E-state index contributed by atoms with van der Waals surface area (Å²) < 4.78 is 5.00. The Morgan fingerprint density at radius 2 is 2.25 bits per heavy atom. The standard InChI is InChI=1S/C15H24N2O2S/c1-16-15(18)7-4-10-20-14-6-3-5-13(11-14)12-17-8-9-19-2/h3,5-6,11,17H,4,7-10,12H2,1-2H3,(H,16,18). The topological polar surface area (TPSA) is 50.4 Å². The van der Waals surface area contributed by atoms with Crippen molar-refractivity contribution in [1.82, 2.24) is 10.6 Å². The lowest BCUT2D eigenvalue weighted by Gasteiger charge is -2.07. The van der Waals surface area contributed by atoms with Crippen molar-refractivity contribution in [1.29, 1.82) is 0 Å². The van der Waals surface area contributed by atoms with Crippen molar-refractivity contribution in [2.24, 2.45) is 0 Å². The van der Waals surface area contributed by atoms with Gasteiger partial charge in [0.15, 0.2) is 0 Å². The Morgan fingerprint density at radius 3 is 3.00 bits per heavy atom. The summed E-state index contributed by atoms with van der Waals surface area (Å²) in [4.78, 5) is 12.4. The van der Waals surface area contributed by atoms with Crippen molar-refractivity contribution >= 4 is 17.7 Å². The first-order chi connectivity index (χ1) is 9.76. The van der Waals surface area contributed by atoms with Crippen LogP contribution in [0.5, 0.6) is 0 Å². The van der Waals surface area contributed by atoms with Crippen LogP contribution in [0.1, 0.15) is 18.4 Å². The Labute approximate surface area is 125 Å². The monoisotopic (exact) mass is 296 g/mol. The van der Waals surface area contributed by atoms with Gasteiger partial charge in [-0.3, -0.25) is 4.79 Å². The second kappa shape index (κ2) is 10.7. The molecule has 0 aliphatic heterocycles. The number of ether oxygens (including phenoxy) is 1. The molecule has 0 atom stereocenters. The maximum absolute atomic E-state index is 11.1. The highest BCUT2D eigenvalue weighted by molar-refractivity contribution is 7.99. The lowest BCUT2D eigenvalue weighted by Crippen LogP contribution is -2.18. The minimum atomic E-state index is 0.113. The molecular weight excluding hydrogens is 272 g/mol. The van der Waals surface area contributed by atoms with Crippen molar-refractivity contribution in [3.8, 4) is 0 Å². The third-order valence-electron chi connectivity index (χ3n) is 2.81. The summed E-state index contributed by atoms with van der Waals surface area (Å²) in [5, 5.41) is 5.97. The largest absolute Gasteiger partial charge is 0.383 e. The van der Waals surface area contributed by atoms with Crippen LogP contribution in [0.15, 0.2) is 29.2 Å². The molecule has 20 heavy (non-hydrogen) atoms. The highest BCUT2D eigenvalue weighted by atomic mass is 32.2. The maximum atomic E-state index is 11.1. The summed E-state index contributed by atoms with van der Waals surface area (Å²) in [5.74, 6) is 1.08. The zero-order chi connectivity index (χ0) is 14.6. The van der Waals surface area contributed by atoms with Crippen LogP contribution >= 0.6 is 11.8 Å².